The SMILES string of the molecule is Cc1nnc(CN2CCN(c3ccc(-c4ccccn4)nn3)CC2)o1. The van der Waals surface area contributed by atoms with Gasteiger partial charge in [0.2, 0.25) is 11.8 Å². The first-order chi connectivity index (χ1) is 12.3. The maximum atomic E-state index is 5.45. The van der Waals surface area contributed by atoms with Crippen LogP contribution in [-0.2, 0) is 6.54 Å². The van der Waals surface area contributed by atoms with Gasteiger partial charge in [0.15, 0.2) is 5.82 Å². The Bertz CT molecular complexity index is 811. The second kappa shape index (κ2) is 6.94. The summed E-state index contributed by atoms with van der Waals surface area (Å²) in [6.45, 7) is 6.13. The Balaban J connectivity index is 1.36. The van der Waals surface area contributed by atoms with Crippen LogP contribution in [0.2, 0.25) is 0 Å². The summed E-state index contributed by atoms with van der Waals surface area (Å²) in [6.07, 6.45) is 1.76. The van der Waals surface area contributed by atoms with E-state index < -0.39 is 0 Å². The second-order valence-corrected chi connectivity index (χ2v) is 5.97. The van der Waals surface area contributed by atoms with Gasteiger partial charge in [0.1, 0.15) is 5.69 Å². The highest BCUT2D eigenvalue weighted by Crippen LogP contribution is 2.18. The summed E-state index contributed by atoms with van der Waals surface area (Å²) >= 11 is 0. The lowest BCUT2D eigenvalue weighted by atomic mass is 10.2. The zero-order valence-electron chi connectivity index (χ0n) is 14.0. The van der Waals surface area contributed by atoms with Crippen LogP contribution in [0.5, 0.6) is 0 Å². The molecule has 0 atom stereocenters. The molecule has 3 aromatic heterocycles. The van der Waals surface area contributed by atoms with E-state index in [1.54, 1.807) is 6.20 Å². The Hall–Kier alpha value is -2.87. The normalized spacial score (nSPS) is 15.5. The first-order valence-electron chi connectivity index (χ1n) is 8.29. The van der Waals surface area contributed by atoms with Gasteiger partial charge in [-0.2, -0.15) is 0 Å². The van der Waals surface area contributed by atoms with E-state index in [1.807, 2.05) is 37.3 Å². The number of rotatable bonds is 4. The number of hydrogen-bond donors (Lipinski definition) is 0. The lowest BCUT2D eigenvalue weighted by Crippen LogP contribution is -2.46. The van der Waals surface area contributed by atoms with Crippen LogP contribution in [0.25, 0.3) is 11.4 Å². The molecule has 0 amide bonds. The average molecular weight is 337 g/mol. The van der Waals surface area contributed by atoms with Crippen molar-refractivity contribution in [3.63, 3.8) is 0 Å². The average Bonchev–Trinajstić information content (AvgIpc) is 3.08. The minimum absolute atomic E-state index is 0.608. The van der Waals surface area contributed by atoms with Gasteiger partial charge in [0.25, 0.3) is 0 Å². The number of pyridine rings is 1. The molecule has 1 fully saturated rings. The molecule has 0 aliphatic carbocycles. The molecule has 25 heavy (non-hydrogen) atoms. The highest BCUT2D eigenvalue weighted by Gasteiger charge is 2.20. The van der Waals surface area contributed by atoms with Crippen molar-refractivity contribution < 1.29 is 4.42 Å². The van der Waals surface area contributed by atoms with E-state index in [1.165, 1.54) is 0 Å². The van der Waals surface area contributed by atoms with Crippen molar-refractivity contribution in [3.8, 4) is 11.4 Å². The zero-order chi connectivity index (χ0) is 17.1. The molecule has 8 nitrogen and oxygen atoms in total. The van der Waals surface area contributed by atoms with E-state index in [0.29, 0.717) is 18.3 Å². The van der Waals surface area contributed by atoms with Gasteiger partial charge in [-0.1, -0.05) is 6.07 Å². The highest BCUT2D eigenvalue weighted by atomic mass is 16.4. The van der Waals surface area contributed by atoms with Gasteiger partial charge in [0.05, 0.1) is 12.2 Å². The van der Waals surface area contributed by atoms with Crippen molar-refractivity contribution in [2.45, 2.75) is 13.5 Å². The topological polar surface area (TPSA) is 84.1 Å². The molecule has 0 unspecified atom stereocenters. The third-order valence-electron chi connectivity index (χ3n) is 4.20. The molecular formula is C17H19N7O. The third-order valence-corrected chi connectivity index (χ3v) is 4.20. The molecule has 8 heteroatoms. The van der Waals surface area contributed by atoms with Crippen molar-refractivity contribution in [1.29, 1.82) is 0 Å². The van der Waals surface area contributed by atoms with Crippen LogP contribution in [0.1, 0.15) is 11.8 Å². The quantitative estimate of drug-likeness (QED) is 0.709. The summed E-state index contributed by atoms with van der Waals surface area (Å²) in [5.41, 5.74) is 1.62. The van der Waals surface area contributed by atoms with E-state index >= 15 is 0 Å². The highest BCUT2D eigenvalue weighted by molar-refractivity contribution is 5.54. The Kier molecular flexibility index (Phi) is 4.34. The molecular weight excluding hydrogens is 318 g/mol. The summed E-state index contributed by atoms with van der Waals surface area (Å²) < 4.78 is 5.45. The van der Waals surface area contributed by atoms with E-state index in [4.69, 9.17) is 4.42 Å². The predicted molar refractivity (Wildman–Crippen MR) is 91.8 cm³/mol. The van der Waals surface area contributed by atoms with E-state index in [0.717, 1.165) is 43.4 Å². The standard InChI is InChI=1S/C17H19N7O/c1-13-19-22-17(25-13)12-23-8-10-24(11-9-23)16-6-5-15(20-21-16)14-4-2-3-7-18-14/h2-7H,8-12H2,1H3. The number of piperazine rings is 1. The summed E-state index contributed by atoms with van der Waals surface area (Å²) in [5, 5.41) is 16.6. The van der Waals surface area contributed by atoms with Gasteiger partial charge in [-0.25, -0.2) is 0 Å². The molecule has 0 N–H and O–H groups in total. The molecule has 1 aliphatic rings. The van der Waals surface area contributed by atoms with Crippen molar-refractivity contribution >= 4 is 5.82 Å². The minimum Gasteiger partial charge on any atom is -0.424 e. The fourth-order valence-corrected chi connectivity index (χ4v) is 2.87. The van der Waals surface area contributed by atoms with E-state index in [-0.39, 0.29) is 0 Å². The molecule has 4 heterocycles. The Morgan fingerprint density at radius 2 is 1.80 bits per heavy atom. The molecule has 1 aliphatic heterocycles. The minimum atomic E-state index is 0.608. The fraction of sp³-hybridized carbons (Fsp3) is 0.353. The Labute approximate surface area is 145 Å². The van der Waals surface area contributed by atoms with E-state index in [2.05, 4.69) is 35.2 Å². The predicted octanol–water partition coefficient (Wildman–Crippen LogP) is 1.55. The van der Waals surface area contributed by atoms with Crippen molar-refractivity contribution in [1.82, 2.24) is 30.3 Å². The van der Waals surface area contributed by atoms with Crippen LogP contribution in [0.3, 0.4) is 0 Å². The molecule has 3 aromatic rings. The van der Waals surface area contributed by atoms with Crippen molar-refractivity contribution in [2.75, 3.05) is 31.1 Å². The van der Waals surface area contributed by atoms with Gasteiger partial charge >= 0.3 is 0 Å². The smallest absolute Gasteiger partial charge is 0.230 e. The van der Waals surface area contributed by atoms with Crippen molar-refractivity contribution in [2.24, 2.45) is 0 Å². The monoisotopic (exact) mass is 337 g/mol. The van der Waals surface area contributed by atoms with Gasteiger partial charge in [0, 0.05) is 39.3 Å². The lowest BCUT2D eigenvalue weighted by Gasteiger charge is -2.34. The summed E-state index contributed by atoms with van der Waals surface area (Å²) in [4.78, 5) is 8.85. The van der Waals surface area contributed by atoms with Gasteiger partial charge in [-0.15, -0.1) is 20.4 Å². The summed E-state index contributed by atoms with van der Waals surface area (Å²) in [7, 11) is 0. The van der Waals surface area contributed by atoms with Crippen LogP contribution < -0.4 is 4.90 Å². The fourth-order valence-electron chi connectivity index (χ4n) is 2.87. The van der Waals surface area contributed by atoms with Crippen LogP contribution in [-0.4, -0.2) is 56.5 Å². The number of aryl methyl sites for hydroxylation is 1. The third kappa shape index (κ3) is 3.63. The van der Waals surface area contributed by atoms with Crippen LogP contribution >= 0.6 is 0 Å². The molecule has 0 radical (unpaired) electrons. The van der Waals surface area contributed by atoms with Crippen LogP contribution in [0, 0.1) is 6.92 Å². The first-order valence-corrected chi connectivity index (χ1v) is 8.29. The molecule has 0 bridgehead atoms. The van der Waals surface area contributed by atoms with Gasteiger partial charge in [-0.05, 0) is 24.3 Å². The number of anilines is 1. The first kappa shape index (κ1) is 15.6. The molecule has 0 saturated carbocycles. The number of aromatic nitrogens is 5. The number of hydrogen-bond acceptors (Lipinski definition) is 8. The molecule has 128 valence electrons. The maximum Gasteiger partial charge on any atom is 0.230 e. The largest absolute Gasteiger partial charge is 0.424 e. The summed E-state index contributed by atoms with van der Waals surface area (Å²) in [5.74, 6) is 2.18. The Morgan fingerprint density at radius 3 is 2.44 bits per heavy atom. The molecule has 4 rings (SSSR count). The lowest BCUT2D eigenvalue weighted by molar-refractivity contribution is 0.224. The van der Waals surface area contributed by atoms with Gasteiger partial charge in [-0.3, -0.25) is 9.88 Å². The molecule has 1 saturated heterocycles. The molecule has 0 spiro atoms. The van der Waals surface area contributed by atoms with Crippen molar-refractivity contribution in [3.05, 3.63) is 48.3 Å². The van der Waals surface area contributed by atoms with Crippen LogP contribution in [0.15, 0.2) is 40.9 Å². The van der Waals surface area contributed by atoms with Crippen LogP contribution in [0.4, 0.5) is 5.82 Å². The second-order valence-electron chi connectivity index (χ2n) is 5.97. The summed E-state index contributed by atoms with van der Waals surface area (Å²) in [6, 6.07) is 9.75. The zero-order valence-corrected chi connectivity index (χ0v) is 14.0. The van der Waals surface area contributed by atoms with Gasteiger partial charge < -0.3 is 9.32 Å². The number of nitrogens with zero attached hydrogens (tertiary/aromatic N) is 7. The molecule has 0 aromatic carbocycles. The maximum absolute atomic E-state index is 5.45. The van der Waals surface area contributed by atoms with E-state index in [9.17, 15) is 0 Å². The Morgan fingerprint density at radius 1 is 0.920 bits per heavy atom.